The highest BCUT2D eigenvalue weighted by Crippen LogP contribution is 2.69. The molecular weight excluding hydrogens is 412 g/mol. The third-order valence-corrected chi connectivity index (χ3v) is 8.88. The molecule has 2 aromatic carbocycles. The zero-order valence-electron chi connectivity index (χ0n) is 17.8. The minimum absolute atomic E-state index is 0.0714. The van der Waals surface area contributed by atoms with Crippen molar-refractivity contribution in [1.82, 2.24) is 0 Å². The van der Waals surface area contributed by atoms with Gasteiger partial charge in [0, 0.05) is 5.41 Å². The van der Waals surface area contributed by atoms with E-state index in [1.807, 2.05) is 48.6 Å². The summed E-state index contributed by atoms with van der Waals surface area (Å²) in [5.41, 5.74) is 0.318. The van der Waals surface area contributed by atoms with E-state index in [1.165, 1.54) is 0 Å². The summed E-state index contributed by atoms with van der Waals surface area (Å²) in [6.45, 7) is 4.31. The largest absolute Gasteiger partial charge is 0.382 e. The van der Waals surface area contributed by atoms with Crippen LogP contribution in [0.1, 0.15) is 32.3 Å². The topological polar surface area (TPSA) is 61.8 Å². The standard InChI is InChI=1S/C25H28O5S/c1-24(2)20-15-16-25(24,17-31(26,27)30-19-11-7-4-8-12-19)23-22(20)28-21(29-23)14-13-18-9-5-3-6-10-18/h3-14,20-23H,15-17H2,1-2H3/b14-13+/t20-,21-,22-,23-,25-/m1/s1. The molecule has 5 rings (SSSR count). The summed E-state index contributed by atoms with van der Waals surface area (Å²) in [5.74, 6) is 0.533. The molecule has 2 bridgehead atoms. The van der Waals surface area contributed by atoms with Gasteiger partial charge in [0.25, 0.3) is 0 Å². The molecule has 0 radical (unpaired) electrons. The van der Waals surface area contributed by atoms with Crippen LogP contribution >= 0.6 is 0 Å². The predicted molar refractivity (Wildman–Crippen MR) is 119 cm³/mol. The first kappa shape index (κ1) is 20.7. The highest BCUT2D eigenvalue weighted by molar-refractivity contribution is 7.87. The Balaban J connectivity index is 1.38. The summed E-state index contributed by atoms with van der Waals surface area (Å²) < 4.78 is 44.2. The van der Waals surface area contributed by atoms with Gasteiger partial charge in [0.1, 0.15) is 5.75 Å². The molecule has 0 aromatic heterocycles. The number of para-hydroxylation sites is 1. The number of benzene rings is 2. The second kappa shape index (κ2) is 7.47. The minimum Gasteiger partial charge on any atom is -0.382 e. The molecule has 1 saturated heterocycles. The average molecular weight is 441 g/mol. The first-order valence-electron chi connectivity index (χ1n) is 10.8. The van der Waals surface area contributed by atoms with Gasteiger partial charge in [-0.25, -0.2) is 0 Å². The van der Waals surface area contributed by atoms with Gasteiger partial charge in [-0.2, -0.15) is 8.42 Å². The van der Waals surface area contributed by atoms with Crippen molar-refractivity contribution in [2.45, 2.75) is 45.2 Å². The molecule has 3 aliphatic rings. The van der Waals surface area contributed by atoms with Gasteiger partial charge >= 0.3 is 10.1 Å². The van der Waals surface area contributed by atoms with Gasteiger partial charge in [0.2, 0.25) is 0 Å². The van der Waals surface area contributed by atoms with E-state index >= 15 is 0 Å². The molecule has 1 aliphatic heterocycles. The van der Waals surface area contributed by atoms with Crippen LogP contribution in [0.25, 0.3) is 6.08 Å². The highest BCUT2D eigenvalue weighted by Gasteiger charge is 2.73. The number of hydrogen-bond acceptors (Lipinski definition) is 5. The third kappa shape index (κ3) is 3.51. The van der Waals surface area contributed by atoms with Gasteiger partial charge < -0.3 is 13.7 Å². The molecule has 164 valence electrons. The van der Waals surface area contributed by atoms with Gasteiger partial charge in [-0.3, -0.25) is 0 Å². The van der Waals surface area contributed by atoms with Crippen LogP contribution in [-0.4, -0.2) is 32.7 Å². The second-order valence-corrected chi connectivity index (χ2v) is 11.0. The molecule has 31 heavy (non-hydrogen) atoms. The van der Waals surface area contributed by atoms with Gasteiger partial charge in [-0.05, 0) is 47.9 Å². The maximum Gasteiger partial charge on any atom is 0.309 e. The van der Waals surface area contributed by atoms with Crippen molar-refractivity contribution in [2.75, 3.05) is 5.75 Å². The number of rotatable bonds is 6. The van der Waals surface area contributed by atoms with Crippen molar-refractivity contribution in [3.8, 4) is 5.75 Å². The molecule has 0 unspecified atom stereocenters. The fourth-order valence-corrected chi connectivity index (χ4v) is 7.71. The van der Waals surface area contributed by atoms with E-state index in [9.17, 15) is 8.42 Å². The van der Waals surface area contributed by atoms with Crippen molar-refractivity contribution >= 4 is 16.2 Å². The third-order valence-electron chi connectivity index (χ3n) is 7.57. The molecule has 2 saturated carbocycles. The molecule has 0 N–H and O–H groups in total. The smallest absolute Gasteiger partial charge is 0.309 e. The van der Waals surface area contributed by atoms with Crippen LogP contribution in [0.2, 0.25) is 0 Å². The van der Waals surface area contributed by atoms with Crippen LogP contribution in [0.3, 0.4) is 0 Å². The van der Waals surface area contributed by atoms with E-state index in [4.69, 9.17) is 13.7 Å². The molecule has 2 aromatic rings. The Hall–Kier alpha value is -2.15. The Morgan fingerprint density at radius 2 is 1.71 bits per heavy atom. The predicted octanol–water partition coefficient (Wildman–Crippen LogP) is 4.65. The average Bonchev–Trinajstić information content (AvgIpc) is 3.32. The maximum absolute atomic E-state index is 13.1. The summed E-state index contributed by atoms with van der Waals surface area (Å²) >= 11 is 0. The number of fused-ring (bicyclic) bond motifs is 5. The Bertz CT molecular complexity index is 1060. The molecule has 0 spiro atoms. The monoisotopic (exact) mass is 440 g/mol. The van der Waals surface area contributed by atoms with Crippen molar-refractivity contribution in [3.63, 3.8) is 0 Å². The van der Waals surface area contributed by atoms with Crippen molar-refractivity contribution in [3.05, 3.63) is 72.3 Å². The minimum atomic E-state index is -3.80. The summed E-state index contributed by atoms with van der Waals surface area (Å²) in [6.07, 6.45) is 4.81. The first-order valence-corrected chi connectivity index (χ1v) is 12.4. The van der Waals surface area contributed by atoms with Gasteiger partial charge in [-0.15, -0.1) is 0 Å². The van der Waals surface area contributed by atoms with E-state index in [1.54, 1.807) is 24.3 Å². The van der Waals surface area contributed by atoms with E-state index in [0.29, 0.717) is 5.75 Å². The SMILES string of the molecule is CC1(C)[C@@H]2CC[C@@]1(CS(=O)(=O)Oc1ccccc1)[C@@H]1O[C@H](/C=C/c3ccccc3)O[C@H]21. The zero-order chi connectivity index (χ0) is 21.7. The van der Waals surface area contributed by atoms with Crippen LogP contribution in [0.4, 0.5) is 0 Å². The molecular formula is C25H28O5S. The zero-order valence-corrected chi connectivity index (χ0v) is 18.6. The van der Waals surface area contributed by atoms with E-state index in [2.05, 4.69) is 13.8 Å². The van der Waals surface area contributed by atoms with Gasteiger partial charge in [0.05, 0.1) is 18.0 Å². The van der Waals surface area contributed by atoms with Gasteiger partial charge in [-0.1, -0.05) is 68.5 Å². The van der Waals surface area contributed by atoms with Crippen LogP contribution < -0.4 is 4.18 Å². The summed E-state index contributed by atoms with van der Waals surface area (Å²) in [4.78, 5) is 0. The molecule has 6 heteroatoms. The van der Waals surface area contributed by atoms with Crippen molar-refractivity contribution in [1.29, 1.82) is 0 Å². The van der Waals surface area contributed by atoms with Crippen LogP contribution in [0.15, 0.2) is 66.7 Å². The van der Waals surface area contributed by atoms with Crippen LogP contribution in [-0.2, 0) is 19.6 Å². The molecule has 2 aliphatic carbocycles. The quantitative estimate of drug-likeness (QED) is 0.612. The summed E-state index contributed by atoms with van der Waals surface area (Å²) in [5, 5.41) is 0. The van der Waals surface area contributed by atoms with E-state index in [0.717, 1.165) is 18.4 Å². The lowest BCUT2D eigenvalue weighted by atomic mass is 9.69. The van der Waals surface area contributed by atoms with E-state index in [-0.39, 0.29) is 29.3 Å². The molecule has 3 fully saturated rings. The maximum atomic E-state index is 13.1. The normalized spacial score (nSPS) is 33.6. The fraction of sp³-hybridized carbons (Fsp3) is 0.440. The first-order chi connectivity index (χ1) is 14.8. The fourth-order valence-electron chi connectivity index (χ4n) is 5.93. The van der Waals surface area contributed by atoms with Crippen LogP contribution in [0.5, 0.6) is 5.75 Å². The molecule has 0 amide bonds. The Labute approximate surface area is 184 Å². The molecule has 5 nitrogen and oxygen atoms in total. The second-order valence-electron chi connectivity index (χ2n) is 9.42. The lowest BCUT2D eigenvalue weighted by molar-refractivity contribution is -0.0838. The lowest BCUT2D eigenvalue weighted by Gasteiger charge is -2.40. The number of hydrogen-bond donors (Lipinski definition) is 0. The Morgan fingerprint density at radius 3 is 2.42 bits per heavy atom. The van der Waals surface area contributed by atoms with Crippen molar-refractivity contribution in [2.24, 2.45) is 16.7 Å². The number of ether oxygens (including phenoxy) is 2. The van der Waals surface area contributed by atoms with E-state index < -0.39 is 21.8 Å². The summed E-state index contributed by atoms with van der Waals surface area (Å²) in [7, 11) is -3.80. The highest BCUT2D eigenvalue weighted by atomic mass is 32.2. The van der Waals surface area contributed by atoms with Crippen LogP contribution in [0, 0.1) is 16.7 Å². The van der Waals surface area contributed by atoms with Gasteiger partial charge in [0.15, 0.2) is 6.29 Å². The Morgan fingerprint density at radius 1 is 1.03 bits per heavy atom. The molecule has 5 atom stereocenters. The van der Waals surface area contributed by atoms with Crippen molar-refractivity contribution < 1.29 is 22.1 Å². The summed E-state index contributed by atoms with van der Waals surface area (Å²) in [6, 6.07) is 18.7. The lowest BCUT2D eigenvalue weighted by Crippen LogP contribution is -2.47. The molecule has 1 heterocycles. The Kier molecular flexibility index (Phi) is 5.00.